The van der Waals surface area contributed by atoms with Gasteiger partial charge in [-0.2, -0.15) is 0 Å². The third-order valence-electron chi connectivity index (χ3n) is 9.12. The number of amides is 1. The molecular weight excluding hydrogens is 498 g/mol. The predicted molar refractivity (Wildman–Crippen MR) is 165 cm³/mol. The maximum Gasteiger partial charge on any atom is 0.241 e. The molecule has 1 aliphatic heterocycles. The summed E-state index contributed by atoms with van der Waals surface area (Å²) in [6.07, 6.45) is 5.50. The molecule has 0 bridgehead atoms. The van der Waals surface area contributed by atoms with E-state index in [0.29, 0.717) is 13.0 Å². The van der Waals surface area contributed by atoms with Crippen molar-refractivity contribution < 1.29 is 19.2 Å². The van der Waals surface area contributed by atoms with Gasteiger partial charge in [0.05, 0.1) is 25.7 Å². The molecule has 0 spiro atoms. The lowest BCUT2D eigenvalue weighted by molar-refractivity contribution is -0.919. The number of likely N-dealkylation sites (tertiary alicyclic amines) is 1. The summed E-state index contributed by atoms with van der Waals surface area (Å²) < 4.78 is 0.790. The van der Waals surface area contributed by atoms with E-state index in [4.69, 9.17) is 0 Å². The number of carbonyl (C=O) groups excluding carboxylic acids is 2. The number of nitrogens with zero attached hydrogens (tertiary/aromatic N) is 2. The molecule has 220 valence electrons. The van der Waals surface area contributed by atoms with E-state index in [1.165, 1.54) is 5.56 Å². The number of rotatable bonds is 13. The van der Waals surface area contributed by atoms with Gasteiger partial charge in [-0.3, -0.25) is 14.5 Å². The van der Waals surface area contributed by atoms with E-state index in [-0.39, 0.29) is 23.5 Å². The van der Waals surface area contributed by atoms with Crippen molar-refractivity contribution >= 4 is 17.4 Å². The molecule has 0 radical (unpaired) electrons. The molecule has 1 heterocycles. The molecule has 1 fully saturated rings. The molecule has 0 aromatic heterocycles. The van der Waals surface area contributed by atoms with E-state index < -0.39 is 0 Å². The van der Waals surface area contributed by atoms with Crippen LogP contribution in [0, 0.1) is 34.6 Å². The van der Waals surface area contributed by atoms with Crippen LogP contribution in [-0.4, -0.2) is 71.5 Å². The summed E-state index contributed by atoms with van der Waals surface area (Å²) in [6, 6.07) is 7.58. The Morgan fingerprint density at radius 3 is 2.30 bits per heavy atom. The molecule has 0 saturated carbocycles. The zero-order valence-corrected chi connectivity index (χ0v) is 26.0. The van der Waals surface area contributed by atoms with E-state index in [1.54, 1.807) is 12.1 Å². The lowest BCUT2D eigenvalue weighted by Crippen LogP contribution is -2.54. The number of phenolic OH excluding ortho intramolecular Hbond substituents is 1. The van der Waals surface area contributed by atoms with Gasteiger partial charge >= 0.3 is 0 Å². The van der Waals surface area contributed by atoms with Crippen LogP contribution in [0.2, 0.25) is 0 Å². The van der Waals surface area contributed by atoms with E-state index in [0.717, 1.165) is 103 Å². The number of aryl methyl sites for hydroxylation is 4. The number of piperidine rings is 1. The predicted octanol–water partition coefficient (Wildman–Crippen LogP) is 6.18. The van der Waals surface area contributed by atoms with Crippen molar-refractivity contribution in [2.75, 3.05) is 44.6 Å². The van der Waals surface area contributed by atoms with E-state index in [2.05, 4.69) is 57.0 Å². The van der Waals surface area contributed by atoms with Crippen LogP contribution in [0.5, 0.6) is 5.75 Å². The summed E-state index contributed by atoms with van der Waals surface area (Å²) in [5.74, 6) is 0.618. The quantitative estimate of drug-likeness (QED) is 0.293. The Morgan fingerprint density at radius 2 is 1.65 bits per heavy atom. The normalized spacial score (nSPS) is 17.4. The third-order valence-corrected chi connectivity index (χ3v) is 9.12. The van der Waals surface area contributed by atoms with Crippen LogP contribution < -0.4 is 5.32 Å². The van der Waals surface area contributed by atoms with Gasteiger partial charge < -0.3 is 14.9 Å². The van der Waals surface area contributed by atoms with Gasteiger partial charge in [0.2, 0.25) is 5.91 Å². The van der Waals surface area contributed by atoms with Gasteiger partial charge in [-0.05, 0) is 113 Å². The molecule has 2 unspecified atom stereocenters. The molecule has 0 aliphatic carbocycles. The fraction of sp³-hybridized carbons (Fsp3) is 0.588. The Hall–Kier alpha value is -2.70. The fourth-order valence-corrected chi connectivity index (χ4v) is 6.56. The third kappa shape index (κ3) is 7.94. The minimum Gasteiger partial charge on any atom is -0.508 e. The first-order chi connectivity index (χ1) is 19.0. The van der Waals surface area contributed by atoms with Gasteiger partial charge in [0.1, 0.15) is 12.3 Å². The first-order valence-electron chi connectivity index (χ1n) is 15.3. The molecule has 1 aliphatic rings. The highest BCUT2D eigenvalue weighted by Crippen LogP contribution is 2.26. The van der Waals surface area contributed by atoms with Crippen LogP contribution in [0.1, 0.15) is 79.3 Å². The van der Waals surface area contributed by atoms with Crippen molar-refractivity contribution in [3.8, 4) is 5.75 Å². The van der Waals surface area contributed by atoms with Gasteiger partial charge in [-0.15, -0.1) is 0 Å². The highest BCUT2D eigenvalue weighted by molar-refractivity contribution is 5.96. The first-order valence-corrected chi connectivity index (χ1v) is 15.3. The van der Waals surface area contributed by atoms with Crippen molar-refractivity contribution in [3.63, 3.8) is 0 Å². The lowest BCUT2D eigenvalue weighted by Gasteiger charge is -2.39. The zero-order valence-electron chi connectivity index (χ0n) is 26.0. The first kappa shape index (κ1) is 31.8. The Bertz CT molecular complexity index is 1170. The van der Waals surface area contributed by atoms with Gasteiger partial charge in [0.25, 0.3) is 0 Å². The molecular formula is C34H52N3O3+. The topological polar surface area (TPSA) is 69.6 Å². The van der Waals surface area contributed by atoms with Crippen LogP contribution in [0.15, 0.2) is 24.3 Å². The largest absolute Gasteiger partial charge is 0.508 e. The second kappa shape index (κ2) is 14.3. The Morgan fingerprint density at radius 1 is 0.975 bits per heavy atom. The van der Waals surface area contributed by atoms with E-state index in [9.17, 15) is 14.7 Å². The van der Waals surface area contributed by atoms with Crippen LogP contribution in [-0.2, 0) is 16.0 Å². The Balaban J connectivity index is 1.65. The minimum atomic E-state index is -0.107. The number of likely N-dealkylation sites (N-methyl/N-ethyl adjacent to an activating group) is 1. The number of Topliss-reactive ketones (excluding diaryl/α,β-unsaturated/α-hetero) is 1. The number of anilines is 1. The van der Waals surface area contributed by atoms with Crippen LogP contribution in [0.3, 0.4) is 0 Å². The number of nitrogens with one attached hydrogen (secondary N) is 1. The standard InChI is InChI=1S/C34H51N3O3/c1-8-18-37(9-2,23-30(39)22-31-26(5)20-29(38)21-27(31)6)19-12-17-36-16-11-10-13-32(36)34(40)35-33-25(4)15-14-24(3)28(33)7/h14-15,20-21,32H,8-13,16-19,22-23H2,1-7H3,(H-,35,38,40)/p+1. The zero-order chi connectivity index (χ0) is 29.4. The summed E-state index contributed by atoms with van der Waals surface area (Å²) in [4.78, 5) is 29.2. The second-order valence-corrected chi connectivity index (χ2v) is 12.1. The van der Waals surface area contributed by atoms with Gasteiger partial charge in [0.15, 0.2) is 5.78 Å². The smallest absolute Gasteiger partial charge is 0.241 e. The number of ketones is 1. The van der Waals surface area contributed by atoms with Crippen molar-refractivity contribution in [1.29, 1.82) is 0 Å². The molecule has 1 saturated heterocycles. The highest BCUT2D eigenvalue weighted by atomic mass is 16.3. The molecule has 2 aromatic rings. The van der Waals surface area contributed by atoms with Gasteiger partial charge in [0, 0.05) is 25.1 Å². The average Bonchev–Trinajstić information content (AvgIpc) is 2.91. The number of quaternary nitrogens is 1. The van der Waals surface area contributed by atoms with Crippen molar-refractivity contribution in [2.24, 2.45) is 0 Å². The van der Waals surface area contributed by atoms with Crippen LogP contribution >= 0.6 is 0 Å². The van der Waals surface area contributed by atoms with E-state index >= 15 is 0 Å². The molecule has 2 N–H and O–H groups in total. The van der Waals surface area contributed by atoms with Crippen LogP contribution in [0.4, 0.5) is 5.69 Å². The summed E-state index contributed by atoms with van der Waals surface area (Å²) in [5.41, 5.74) is 7.38. The molecule has 2 atom stereocenters. The summed E-state index contributed by atoms with van der Waals surface area (Å²) >= 11 is 0. The highest BCUT2D eigenvalue weighted by Gasteiger charge is 2.32. The Labute approximate surface area is 242 Å². The SMILES string of the molecule is CCC[N+](CC)(CCCN1CCCCC1C(=O)Nc1c(C)ccc(C)c1C)CC(=O)Cc1c(C)cc(O)cc1C. The molecule has 2 aromatic carbocycles. The number of hydrogen-bond donors (Lipinski definition) is 2. The van der Waals surface area contributed by atoms with Crippen molar-refractivity contribution in [2.45, 2.75) is 93.0 Å². The summed E-state index contributed by atoms with van der Waals surface area (Å²) in [6.45, 7) is 19.7. The van der Waals surface area contributed by atoms with Crippen molar-refractivity contribution in [1.82, 2.24) is 4.90 Å². The molecule has 40 heavy (non-hydrogen) atoms. The number of aromatic hydroxyl groups is 1. The number of phenols is 1. The maximum absolute atomic E-state index is 13.5. The number of hydrogen-bond acceptors (Lipinski definition) is 4. The van der Waals surface area contributed by atoms with Gasteiger partial charge in [-0.25, -0.2) is 0 Å². The molecule has 6 heteroatoms. The lowest BCUT2D eigenvalue weighted by atomic mass is 9.97. The Kier molecular flexibility index (Phi) is 11.4. The van der Waals surface area contributed by atoms with Crippen LogP contribution in [0.25, 0.3) is 0 Å². The average molecular weight is 551 g/mol. The summed E-state index contributed by atoms with van der Waals surface area (Å²) in [5, 5.41) is 13.2. The number of benzene rings is 2. The second-order valence-electron chi connectivity index (χ2n) is 12.1. The maximum atomic E-state index is 13.5. The van der Waals surface area contributed by atoms with E-state index in [1.807, 2.05) is 13.8 Å². The fourth-order valence-electron chi connectivity index (χ4n) is 6.56. The molecule has 6 nitrogen and oxygen atoms in total. The van der Waals surface area contributed by atoms with Gasteiger partial charge in [-0.1, -0.05) is 25.5 Å². The molecule has 1 amide bonds. The monoisotopic (exact) mass is 550 g/mol. The minimum absolute atomic E-state index is 0.107. The number of carbonyl (C=O) groups is 2. The summed E-state index contributed by atoms with van der Waals surface area (Å²) in [7, 11) is 0. The molecule has 3 rings (SSSR count). The van der Waals surface area contributed by atoms with Crippen molar-refractivity contribution in [3.05, 3.63) is 57.6 Å².